The zero-order valence-corrected chi connectivity index (χ0v) is 28.6. The third-order valence-corrected chi connectivity index (χ3v) is 8.32. The first kappa shape index (κ1) is 36.0. The molecule has 7 nitrogen and oxygen atoms in total. The van der Waals surface area contributed by atoms with Gasteiger partial charge in [-0.2, -0.15) is 0 Å². The van der Waals surface area contributed by atoms with Gasteiger partial charge in [0, 0.05) is 29.6 Å². The van der Waals surface area contributed by atoms with Gasteiger partial charge >= 0.3 is 12.1 Å². The van der Waals surface area contributed by atoms with Crippen LogP contribution in [-0.2, 0) is 34.0 Å². The van der Waals surface area contributed by atoms with Crippen LogP contribution in [0.25, 0.3) is 11.1 Å². The number of carbonyl (C=O) groups excluding carboxylic acids is 2. The molecule has 0 aliphatic rings. The summed E-state index contributed by atoms with van der Waals surface area (Å²) in [5.74, 6) is -1.63. The van der Waals surface area contributed by atoms with Gasteiger partial charge in [0.2, 0.25) is 0 Å². The predicted octanol–water partition coefficient (Wildman–Crippen LogP) is 8.59. The van der Waals surface area contributed by atoms with Crippen LogP contribution in [-0.4, -0.2) is 29.2 Å². The van der Waals surface area contributed by atoms with Gasteiger partial charge in [0.1, 0.15) is 30.9 Å². The number of hydrogen-bond donors (Lipinski definition) is 2. The Balaban J connectivity index is 1.36. The highest BCUT2D eigenvalue weighted by Gasteiger charge is 2.31. The zero-order valence-electron chi connectivity index (χ0n) is 28.6. The summed E-state index contributed by atoms with van der Waals surface area (Å²) in [6.45, 7) is 7.17. The van der Waals surface area contributed by atoms with E-state index in [1.165, 1.54) is 6.07 Å². The number of rotatable bonds is 14. The Morgan fingerprint density at radius 3 is 1.94 bits per heavy atom. The van der Waals surface area contributed by atoms with Crippen LogP contribution in [0.2, 0.25) is 0 Å². The number of benzene rings is 4. The first-order valence-electron chi connectivity index (χ1n) is 16.7. The van der Waals surface area contributed by atoms with Gasteiger partial charge in [0.05, 0.1) is 6.04 Å². The molecule has 0 aliphatic heterocycles. The number of nitrogens with zero attached hydrogens (tertiary/aromatic N) is 1. The number of carbonyl (C=O) groups is 2. The first-order valence-corrected chi connectivity index (χ1v) is 16.7. The molecule has 260 valence electrons. The summed E-state index contributed by atoms with van der Waals surface area (Å²) >= 11 is 0. The molecule has 0 aliphatic carbocycles. The second-order valence-electron chi connectivity index (χ2n) is 13.3. The fraction of sp³-hybridized carbons (Fsp3) is 0.268. The standard InChI is InChI=1S/C41H43F2N3O4/c1-41(2,3)38(37-23-32(34-24-33(42)19-20-35(34)43)26-46(37)25-29-13-7-4-8-14-29)44-22-21-36(39(47)49-27-30-15-9-5-10-16-30)45-40(48)50-28-31-17-11-6-12-18-31/h4-20,23-24,26,36,38,44H,21-22,25,27-28H2,1-3H3,(H,45,48). The number of ether oxygens (including phenoxy) is 2. The van der Waals surface area contributed by atoms with E-state index in [-0.39, 0.29) is 36.7 Å². The maximum absolute atomic E-state index is 15.0. The third-order valence-electron chi connectivity index (χ3n) is 8.32. The van der Waals surface area contributed by atoms with Crippen LogP contribution in [0.1, 0.15) is 55.6 Å². The lowest BCUT2D eigenvalue weighted by molar-refractivity contribution is -0.147. The number of amides is 1. The van der Waals surface area contributed by atoms with Gasteiger partial charge < -0.3 is 24.7 Å². The van der Waals surface area contributed by atoms with E-state index >= 15 is 0 Å². The Hall–Kier alpha value is -5.28. The Morgan fingerprint density at radius 1 is 0.760 bits per heavy atom. The van der Waals surface area contributed by atoms with Crippen LogP contribution < -0.4 is 10.6 Å². The molecule has 0 saturated carbocycles. The molecule has 1 aromatic heterocycles. The van der Waals surface area contributed by atoms with Crippen LogP contribution >= 0.6 is 0 Å². The van der Waals surface area contributed by atoms with Crippen molar-refractivity contribution in [1.29, 1.82) is 0 Å². The second-order valence-corrected chi connectivity index (χ2v) is 13.3. The third kappa shape index (κ3) is 10.1. The minimum absolute atomic E-state index is 0.0510. The van der Waals surface area contributed by atoms with Gasteiger partial charge in [-0.3, -0.25) is 0 Å². The normalized spacial score (nSPS) is 12.6. The molecule has 50 heavy (non-hydrogen) atoms. The van der Waals surface area contributed by atoms with Crippen molar-refractivity contribution in [3.8, 4) is 11.1 Å². The SMILES string of the molecule is CC(C)(C)C(NCCC(NC(=O)OCc1ccccc1)C(=O)OCc1ccccc1)c1cc(-c2cc(F)ccc2F)cn1Cc1ccccc1. The molecule has 1 heterocycles. The Morgan fingerprint density at radius 2 is 1.34 bits per heavy atom. The summed E-state index contributed by atoms with van der Waals surface area (Å²) < 4.78 is 42.3. The van der Waals surface area contributed by atoms with Gasteiger partial charge in [0.15, 0.2) is 0 Å². The Bertz CT molecular complexity index is 1840. The summed E-state index contributed by atoms with van der Waals surface area (Å²) in [6, 6.07) is 32.5. The molecule has 0 fully saturated rings. The van der Waals surface area contributed by atoms with Gasteiger partial charge in [-0.15, -0.1) is 0 Å². The van der Waals surface area contributed by atoms with Crippen molar-refractivity contribution in [2.45, 2.75) is 59.0 Å². The average molecular weight is 680 g/mol. The number of halogens is 2. The van der Waals surface area contributed by atoms with Crippen molar-refractivity contribution >= 4 is 12.1 Å². The topological polar surface area (TPSA) is 81.6 Å². The lowest BCUT2D eigenvalue weighted by atomic mass is 9.84. The molecule has 5 aromatic rings. The molecule has 2 unspecified atom stereocenters. The van der Waals surface area contributed by atoms with E-state index in [0.717, 1.165) is 34.5 Å². The second kappa shape index (κ2) is 16.9. The van der Waals surface area contributed by atoms with Crippen LogP contribution in [0.15, 0.2) is 121 Å². The van der Waals surface area contributed by atoms with Gasteiger partial charge in [0.25, 0.3) is 0 Å². The zero-order chi connectivity index (χ0) is 35.5. The minimum Gasteiger partial charge on any atom is -0.459 e. The maximum Gasteiger partial charge on any atom is 0.408 e. The number of aromatic nitrogens is 1. The number of nitrogens with one attached hydrogen (secondary N) is 2. The predicted molar refractivity (Wildman–Crippen MR) is 190 cm³/mol. The smallest absolute Gasteiger partial charge is 0.408 e. The minimum atomic E-state index is -0.997. The summed E-state index contributed by atoms with van der Waals surface area (Å²) in [5.41, 5.74) is 3.91. The van der Waals surface area contributed by atoms with E-state index in [9.17, 15) is 18.4 Å². The monoisotopic (exact) mass is 679 g/mol. The molecule has 9 heteroatoms. The highest BCUT2D eigenvalue weighted by atomic mass is 19.1. The molecule has 0 bridgehead atoms. The molecular formula is C41H43F2N3O4. The van der Waals surface area contributed by atoms with E-state index < -0.39 is 29.7 Å². The molecule has 4 aromatic carbocycles. The fourth-order valence-corrected chi connectivity index (χ4v) is 5.77. The molecule has 0 radical (unpaired) electrons. The van der Waals surface area contributed by atoms with E-state index in [4.69, 9.17) is 9.47 Å². The average Bonchev–Trinajstić information content (AvgIpc) is 3.51. The molecular weight excluding hydrogens is 636 g/mol. The van der Waals surface area contributed by atoms with Crippen molar-refractivity contribution in [2.24, 2.45) is 5.41 Å². The van der Waals surface area contributed by atoms with Crippen molar-refractivity contribution < 1.29 is 27.8 Å². The van der Waals surface area contributed by atoms with Crippen LogP contribution in [0.4, 0.5) is 13.6 Å². The Kier molecular flexibility index (Phi) is 12.2. The summed E-state index contributed by atoms with van der Waals surface area (Å²) in [4.78, 5) is 26.2. The number of esters is 1. The van der Waals surface area contributed by atoms with Crippen LogP contribution in [0, 0.1) is 17.0 Å². The van der Waals surface area contributed by atoms with E-state index in [1.54, 1.807) is 0 Å². The lowest BCUT2D eigenvalue weighted by Gasteiger charge is -2.33. The number of alkyl carbamates (subject to hydrolysis) is 1. The number of hydrogen-bond acceptors (Lipinski definition) is 5. The quantitative estimate of drug-likeness (QED) is 0.115. The van der Waals surface area contributed by atoms with Crippen molar-refractivity contribution in [3.05, 3.63) is 155 Å². The van der Waals surface area contributed by atoms with Crippen LogP contribution in [0.3, 0.4) is 0 Å². The largest absolute Gasteiger partial charge is 0.459 e. The highest BCUT2D eigenvalue weighted by molar-refractivity contribution is 5.81. The van der Waals surface area contributed by atoms with Gasteiger partial charge in [-0.1, -0.05) is 112 Å². The molecule has 2 N–H and O–H groups in total. The van der Waals surface area contributed by atoms with Crippen molar-refractivity contribution in [3.63, 3.8) is 0 Å². The van der Waals surface area contributed by atoms with E-state index in [1.807, 2.05) is 108 Å². The molecule has 5 rings (SSSR count). The lowest BCUT2D eigenvalue weighted by Crippen LogP contribution is -2.44. The Labute approximate surface area is 292 Å². The van der Waals surface area contributed by atoms with E-state index in [0.29, 0.717) is 18.7 Å². The maximum atomic E-state index is 15.0. The molecule has 2 atom stereocenters. The highest BCUT2D eigenvalue weighted by Crippen LogP contribution is 2.37. The van der Waals surface area contributed by atoms with E-state index in [2.05, 4.69) is 31.4 Å². The van der Waals surface area contributed by atoms with Gasteiger partial charge in [-0.05, 0) is 59.3 Å². The molecule has 1 amide bonds. The molecule has 0 spiro atoms. The molecule has 0 saturated heterocycles. The van der Waals surface area contributed by atoms with Gasteiger partial charge in [-0.25, -0.2) is 18.4 Å². The summed E-state index contributed by atoms with van der Waals surface area (Å²) in [7, 11) is 0. The van der Waals surface area contributed by atoms with Crippen LogP contribution in [0.5, 0.6) is 0 Å². The van der Waals surface area contributed by atoms with Crippen molar-refractivity contribution in [2.75, 3.05) is 6.54 Å². The summed E-state index contributed by atoms with van der Waals surface area (Å²) in [5, 5.41) is 6.29. The summed E-state index contributed by atoms with van der Waals surface area (Å²) in [6.07, 6.45) is 1.31. The fourth-order valence-electron chi connectivity index (χ4n) is 5.77. The first-order chi connectivity index (χ1) is 24.1. The van der Waals surface area contributed by atoms with Crippen molar-refractivity contribution in [1.82, 2.24) is 15.2 Å².